The highest BCUT2D eigenvalue weighted by Crippen LogP contribution is 2.12. The molecule has 0 aliphatic carbocycles. The quantitative estimate of drug-likeness (QED) is 0.349. The lowest BCUT2D eigenvalue weighted by atomic mass is 10.4. The van der Waals surface area contributed by atoms with Crippen LogP contribution in [0.5, 0.6) is 0 Å². The van der Waals surface area contributed by atoms with Gasteiger partial charge in [0.25, 0.3) is 0 Å². The van der Waals surface area contributed by atoms with E-state index in [4.69, 9.17) is 24.8 Å². The number of carbonyl (C=O) groups excluding carboxylic acids is 2. The van der Waals surface area contributed by atoms with Crippen LogP contribution >= 0.6 is 0 Å². The first-order valence-corrected chi connectivity index (χ1v) is 5.07. The molecule has 1 aromatic rings. The highest BCUT2D eigenvalue weighted by Gasteiger charge is 2.21. The summed E-state index contributed by atoms with van der Waals surface area (Å²) in [5, 5.41) is 34.7. The molecular formula is C10H12O9. The van der Waals surface area contributed by atoms with E-state index in [1.807, 2.05) is 0 Å². The molecule has 2 atom stereocenters. The molecule has 1 heterocycles. The molecule has 0 bridgehead atoms. The molecular weight excluding hydrogens is 264 g/mol. The number of hydrogen-bond donors (Lipinski definition) is 4. The van der Waals surface area contributed by atoms with Gasteiger partial charge in [-0.1, -0.05) is 0 Å². The highest BCUT2D eigenvalue weighted by molar-refractivity contribution is 5.90. The number of aliphatic hydroxyl groups excluding tert-OH is 4. The average molecular weight is 276 g/mol. The van der Waals surface area contributed by atoms with Crippen molar-refractivity contribution in [3.63, 3.8) is 0 Å². The van der Waals surface area contributed by atoms with E-state index >= 15 is 0 Å². The Morgan fingerprint density at radius 2 is 1.37 bits per heavy atom. The number of hydrogen-bond acceptors (Lipinski definition) is 9. The van der Waals surface area contributed by atoms with Crippen LogP contribution in [0.4, 0.5) is 0 Å². The maximum Gasteiger partial charge on any atom is 0.376 e. The minimum Gasteiger partial charge on any atom is -0.442 e. The number of carbonyl (C=O) groups is 2. The summed E-state index contributed by atoms with van der Waals surface area (Å²) in [6.07, 6.45) is -3.41. The summed E-state index contributed by atoms with van der Waals surface area (Å²) in [6, 6.07) is 2.16. The van der Waals surface area contributed by atoms with Gasteiger partial charge in [-0.3, -0.25) is 0 Å². The molecule has 0 amide bonds. The lowest BCUT2D eigenvalue weighted by molar-refractivity contribution is -0.0930. The zero-order valence-corrected chi connectivity index (χ0v) is 9.55. The molecule has 2 unspecified atom stereocenters. The van der Waals surface area contributed by atoms with Crippen LogP contribution in [0.2, 0.25) is 0 Å². The predicted octanol–water partition coefficient (Wildman–Crippen LogP) is -1.79. The van der Waals surface area contributed by atoms with Gasteiger partial charge in [0, 0.05) is 0 Å². The molecule has 0 saturated heterocycles. The van der Waals surface area contributed by atoms with E-state index in [9.17, 15) is 9.59 Å². The van der Waals surface area contributed by atoms with Crippen molar-refractivity contribution >= 4 is 11.9 Å². The first kappa shape index (κ1) is 15.1. The molecule has 1 aromatic heterocycles. The maximum absolute atomic E-state index is 11.3. The molecule has 0 aliphatic rings. The molecule has 0 spiro atoms. The van der Waals surface area contributed by atoms with Crippen LogP contribution in [0.3, 0.4) is 0 Å². The van der Waals surface area contributed by atoms with Gasteiger partial charge in [-0.05, 0) is 12.1 Å². The second kappa shape index (κ2) is 6.85. The Labute approximate surface area is 106 Å². The van der Waals surface area contributed by atoms with Crippen molar-refractivity contribution in [2.24, 2.45) is 0 Å². The van der Waals surface area contributed by atoms with E-state index in [2.05, 4.69) is 9.47 Å². The second-order valence-corrected chi connectivity index (χ2v) is 3.25. The summed E-state index contributed by atoms with van der Waals surface area (Å²) < 4.78 is 13.4. The molecule has 9 heteroatoms. The topological polar surface area (TPSA) is 147 Å². The molecule has 0 aromatic carbocycles. The van der Waals surface area contributed by atoms with E-state index in [-0.39, 0.29) is 0 Å². The van der Waals surface area contributed by atoms with Gasteiger partial charge in [-0.15, -0.1) is 0 Å². The Morgan fingerprint density at radius 3 is 1.68 bits per heavy atom. The largest absolute Gasteiger partial charge is 0.442 e. The zero-order valence-electron chi connectivity index (χ0n) is 9.55. The number of furan rings is 1. The third-order valence-corrected chi connectivity index (χ3v) is 1.81. The fourth-order valence-electron chi connectivity index (χ4n) is 0.995. The van der Waals surface area contributed by atoms with Gasteiger partial charge in [-0.25, -0.2) is 9.59 Å². The molecule has 0 radical (unpaired) electrons. The predicted molar refractivity (Wildman–Crippen MR) is 55.7 cm³/mol. The van der Waals surface area contributed by atoms with E-state index in [0.717, 1.165) is 12.1 Å². The van der Waals surface area contributed by atoms with Gasteiger partial charge >= 0.3 is 11.9 Å². The van der Waals surface area contributed by atoms with Crippen molar-refractivity contribution in [2.45, 2.75) is 12.6 Å². The van der Waals surface area contributed by atoms with E-state index in [1.54, 1.807) is 0 Å². The number of rotatable bonds is 6. The molecule has 106 valence electrons. The molecule has 19 heavy (non-hydrogen) atoms. The van der Waals surface area contributed by atoms with Crippen LogP contribution in [0, 0.1) is 0 Å². The van der Waals surface area contributed by atoms with Crippen LogP contribution in [-0.4, -0.2) is 58.2 Å². The monoisotopic (exact) mass is 276 g/mol. The normalized spacial score (nSPS) is 13.7. The van der Waals surface area contributed by atoms with Crippen LogP contribution in [0.25, 0.3) is 0 Å². The van der Waals surface area contributed by atoms with E-state index in [0.29, 0.717) is 0 Å². The van der Waals surface area contributed by atoms with Crippen molar-refractivity contribution in [3.8, 4) is 0 Å². The van der Waals surface area contributed by atoms with E-state index < -0.39 is 49.3 Å². The first-order chi connectivity index (χ1) is 8.97. The Balaban J connectivity index is 2.66. The van der Waals surface area contributed by atoms with Crippen molar-refractivity contribution in [3.05, 3.63) is 23.7 Å². The van der Waals surface area contributed by atoms with Gasteiger partial charge in [0.15, 0.2) is 0 Å². The smallest absolute Gasteiger partial charge is 0.376 e. The summed E-state index contributed by atoms with van der Waals surface area (Å²) in [5.74, 6) is -3.00. The third-order valence-electron chi connectivity index (χ3n) is 1.81. The molecule has 9 nitrogen and oxygen atoms in total. The third kappa shape index (κ3) is 4.34. The molecule has 0 fully saturated rings. The van der Waals surface area contributed by atoms with Crippen LogP contribution in [0.15, 0.2) is 16.5 Å². The number of ether oxygens (including phenoxy) is 2. The Hall–Kier alpha value is -1.94. The lowest BCUT2D eigenvalue weighted by Gasteiger charge is -2.07. The second-order valence-electron chi connectivity index (χ2n) is 3.25. The molecule has 4 N–H and O–H groups in total. The van der Waals surface area contributed by atoms with Gasteiger partial charge in [0.05, 0.1) is 0 Å². The van der Waals surface area contributed by atoms with Crippen molar-refractivity contribution in [2.75, 3.05) is 13.2 Å². The fourth-order valence-corrected chi connectivity index (χ4v) is 0.995. The summed E-state index contributed by atoms with van der Waals surface area (Å²) in [7, 11) is 0. The van der Waals surface area contributed by atoms with Crippen LogP contribution < -0.4 is 0 Å². The van der Waals surface area contributed by atoms with Gasteiger partial charge < -0.3 is 34.3 Å². The fraction of sp³-hybridized carbons (Fsp3) is 0.400. The highest BCUT2D eigenvalue weighted by atomic mass is 16.7. The van der Waals surface area contributed by atoms with E-state index in [1.165, 1.54) is 0 Å². The Kier molecular flexibility index (Phi) is 5.45. The van der Waals surface area contributed by atoms with Crippen molar-refractivity contribution in [1.82, 2.24) is 0 Å². The summed E-state index contributed by atoms with van der Waals surface area (Å²) in [6.45, 7) is -1.58. The Bertz CT molecular complexity index is 399. The summed E-state index contributed by atoms with van der Waals surface area (Å²) in [5.41, 5.74) is 0. The summed E-state index contributed by atoms with van der Waals surface area (Å²) in [4.78, 5) is 22.6. The van der Waals surface area contributed by atoms with Crippen molar-refractivity contribution < 1.29 is 43.9 Å². The molecule has 1 rings (SSSR count). The minimum absolute atomic E-state index is 0.405. The standard InChI is InChI=1S/C10H12O9/c11-3-7(13)18-9(15)5-1-2-6(17-5)10(16)19-8(14)4-12/h1-2,7-8,11-14H,3-4H2. The maximum atomic E-state index is 11.3. The minimum atomic E-state index is -1.70. The first-order valence-electron chi connectivity index (χ1n) is 5.07. The summed E-state index contributed by atoms with van der Waals surface area (Å²) >= 11 is 0. The van der Waals surface area contributed by atoms with Gasteiger partial charge in [0.1, 0.15) is 13.2 Å². The number of esters is 2. The Morgan fingerprint density at radius 1 is 1.00 bits per heavy atom. The van der Waals surface area contributed by atoms with Gasteiger partial charge in [-0.2, -0.15) is 0 Å². The number of aliphatic hydroxyl groups is 4. The van der Waals surface area contributed by atoms with Crippen molar-refractivity contribution in [1.29, 1.82) is 0 Å². The van der Waals surface area contributed by atoms with Gasteiger partial charge in [0.2, 0.25) is 24.1 Å². The van der Waals surface area contributed by atoms with Crippen LogP contribution in [0.1, 0.15) is 21.1 Å². The van der Waals surface area contributed by atoms with Crippen LogP contribution in [-0.2, 0) is 9.47 Å². The SMILES string of the molecule is O=C(OC(O)CO)c1ccc(C(=O)OC(O)CO)o1. The molecule has 0 aliphatic heterocycles. The average Bonchev–Trinajstić information content (AvgIpc) is 2.87. The lowest BCUT2D eigenvalue weighted by Crippen LogP contribution is -2.21. The zero-order chi connectivity index (χ0) is 14.4. The molecule has 0 saturated carbocycles.